The second-order valence-electron chi connectivity index (χ2n) is 6.46. The minimum atomic E-state index is -0.145. The van der Waals surface area contributed by atoms with Crippen molar-refractivity contribution in [2.75, 3.05) is 24.5 Å². The van der Waals surface area contributed by atoms with E-state index in [4.69, 9.17) is 14.2 Å². The van der Waals surface area contributed by atoms with Gasteiger partial charge in [0.1, 0.15) is 5.75 Å². The van der Waals surface area contributed by atoms with Crippen molar-refractivity contribution in [3.05, 3.63) is 41.5 Å². The summed E-state index contributed by atoms with van der Waals surface area (Å²) < 4.78 is 16.3. The maximum Gasteiger partial charge on any atom is 0.231 e. The van der Waals surface area contributed by atoms with E-state index < -0.39 is 0 Å². The van der Waals surface area contributed by atoms with Crippen molar-refractivity contribution in [2.24, 2.45) is 0 Å². The second-order valence-corrected chi connectivity index (χ2v) is 6.46. The standard InChI is InChI=1S/C20H20N2O5/c1-3-19(23)22-15-9-14-13(7-17(15)25-2)12(8-20(24)21-14)11-4-5-16-18(6-11)27-10-26-16/h4-7,9,12H,3,8,10H2,1-2H3,(H,21,24)(H,22,23). The van der Waals surface area contributed by atoms with Crippen molar-refractivity contribution in [1.29, 1.82) is 0 Å². The Morgan fingerprint density at radius 3 is 2.85 bits per heavy atom. The first-order valence-corrected chi connectivity index (χ1v) is 8.80. The summed E-state index contributed by atoms with van der Waals surface area (Å²) in [5, 5.41) is 5.71. The first kappa shape index (κ1) is 17.2. The average Bonchev–Trinajstić information content (AvgIpc) is 3.14. The summed E-state index contributed by atoms with van der Waals surface area (Å²) in [5.74, 6) is 1.59. The van der Waals surface area contributed by atoms with E-state index in [0.717, 1.165) is 11.1 Å². The summed E-state index contributed by atoms with van der Waals surface area (Å²) in [6.45, 7) is 1.98. The molecule has 0 saturated carbocycles. The van der Waals surface area contributed by atoms with Crippen LogP contribution in [0, 0.1) is 0 Å². The van der Waals surface area contributed by atoms with Crippen LogP contribution in [0.4, 0.5) is 11.4 Å². The molecular weight excluding hydrogens is 348 g/mol. The monoisotopic (exact) mass is 368 g/mol. The lowest BCUT2D eigenvalue weighted by atomic mass is 9.84. The number of carbonyl (C=O) groups excluding carboxylic acids is 2. The third-order valence-corrected chi connectivity index (χ3v) is 4.80. The first-order valence-electron chi connectivity index (χ1n) is 8.80. The zero-order chi connectivity index (χ0) is 19.0. The van der Waals surface area contributed by atoms with E-state index in [1.807, 2.05) is 24.3 Å². The van der Waals surface area contributed by atoms with Gasteiger partial charge in [0.2, 0.25) is 18.6 Å². The molecule has 4 rings (SSSR count). The molecule has 27 heavy (non-hydrogen) atoms. The van der Waals surface area contributed by atoms with Crippen LogP contribution in [0.2, 0.25) is 0 Å². The first-order chi connectivity index (χ1) is 13.1. The van der Waals surface area contributed by atoms with Crippen molar-refractivity contribution in [3.63, 3.8) is 0 Å². The summed E-state index contributed by atoms with van der Waals surface area (Å²) in [6, 6.07) is 9.33. The highest BCUT2D eigenvalue weighted by molar-refractivity contribution is 5.98. The molecule has 0 radical (unpaired) electrons. The number of nitrogens with one attached hydrogen (secondary N) is 2. The van der Waals surface area contributed by atoms with Gasteiger partial charge in [0.05, 0.1) is 12.8 Å². The minimum absolute atomic E-state index is 0.0805. The van der Waals surface area contributed by atoms with Crippen LogP contribution < -0.4 is 24.8 Å². The number of hydrogen-bond acceptors (Lipinski definition) is 5. The van der Waals surface area contributed by atoms with Crippen LogP contribution in [0.1, 0.15) is 36.8 Å². The van der Waals surface area contributed by atoms with E-state index in [1.54, 1.807) is 20.1 Å². The van der Waals surface area contributed by atoms with Crippen molar-refractivity contribution in [3.8, 4) is 17.2 Å². The molecule has 2 aromatic rings. The number of methoxy groups -OCH3 is 1. The topological polar surface area (TPSA) is 85.9 Å². The van der Waals surface area contributed by atoms with Crippen molar-refractivity contribution in [1.82, 2.24) is 0 Å². The third-order valence-electron chi connectivity index (χ3n) is 4.80. The maximum absolute atomic E-state index is 12.3. The summed E-state index contributed by atoms with van der Waals surface area (Å²) in [5.41, 5.74) is 3.10. The van der Waals surface area contributed by atoms with Gasteiger partial charge in [0, 0.05) is 24.4 Å². The normalized spacial score (nSPS) is 17.1. The Labute approximate surface area is 156 Å². The molecule has 2 heterocycles. The number of benzene rings is 2. The molecule has 2 aliphatic heterocycles. The van der Waals surface area contributed by atoms with Crippen LogP contribution in [0.15, 0.2) is 30.3 Å². The summed E-state index contributed by atoms with van der Waals surface area (Å²) in [4.78, 5) is 24.1. The molecule has 2 amide bonds. The Kier molecular flexibility index (Phi) is 4.35. The largest absolute Gasteiger partial charge is 0.495 e. The fourth-order valence-corrected chi connectivity index (χ4v) is 3.42. The molecule has 0 bridgehead atoms. The van der Waals surface area contributed by atoms with Crippen LogP contribution >= 0.6 is 0 Å². The van der Waals surface area contributed by atoms with E-state index in [2.05, 4.69) is 10.6 Å². The van der Waals surface area contributed by atoms with Gasteiger partial charge in [-0.15, -0.1) is 0 Å². The zero-order valence-corrected chi connectivity index (χ0v) is 15.1. The van der Waals surface area contributed by atoms with E-state index in [0.29, 0.717) is 41.5 Å². The summed E-state index contributed by atoms with van der Waals surface area (Å²) in [7, 11) is 1.56. The van der Waals surface area contributed by atoms with Gasteiger partial charge in [0.15, 0.2) is 11.5 Å². The molecule has 7 heteroatoms. The van der Waals surface area contributed by atoms with Crippen molar-refractivity contribution >= 4 is 23.2 Å². The molecule has 140 valence electrons. The lowest BCUT2D eigenvalue weighted by Gasteiger charge is -2.27. The molecule has 2 aromatic carbocycles. The van der Waals surface area contributed by atoms with Gasteiger partial charge in [-0.1, -0.05) is 13.0 Å². The highest BCUT2D eigenvalue weighted by Crippen LogP contribution is 2.44. The fourth-order valence-electron chi connectivity index (χ4n) is 3.42. The van der Waals surface area contributed by atoms with Gasteiger partial charge in [-0.05, 0) is 35.4 Å². The van der Waals surface area contributed by atoms with Crippen LogP contribution in [-0.4, -0.2) is 25.7 Å². The van der Waals surface area contributed by atoms with Gasteiger partial charge < -0.3 is 24.8 Å². The molecule has 7 nitrogen and oxygen atoms in total. The van der Waals surface area contributed by atoms with Crippen LogP contribution in [0.3, 0.4) is 0 Å². The van der Waals surface area contributed by atoms with Crippen LogP contribution in [0.5, 0.6) is 17.2 Å². The molecule has 2 aliphatic rings. The molecule has 1 atom stereocenters. The predicted molar refractivity (Wildman–Crippen MR) is 99.6 cm³/mol. The minimum Gasteiger partial charge on any atom is -0.495 e. The van der Waals surface area contributed by atoms with Crippen molar-refractivity contribution < 1.29 is 23.8 Å². The predicted octanol–water partition coefficient (Wildman–Crippen LogP) is 3.25. The third kappa shape index (κ3) is 3.16. The van der Waals surface area contributed by atoms with Gasteiger partial charge in [-0.3, -0.25) is 9.59 Å². The molecule has 0 fully saturated rings. The number of carbonyl (C=O) groups is 2. The number of ether oxygens (including phenoxy) is 3. The highest BCUT2D eigenvalue weighted by atomic mass is 16.7. The Morgan fingerprint density at radius 2 is 2.07 bits per heavy atom. The number of rotatable bonds is 4. The number of hydrogen-bond donors (Lipinski definition) is 2. The summed E-state index contributed by atoms with van der Waals surface area (Å²) in [6.07, 6.45) is 0.670. The Hall–Kier alpha value is -3.22. The van der Waals surface area contributed by atoms with Gasteiger partial charge in [-0.25, -0.2) is 0 Å². The molecule has 0 spiro atoms. The van der Waals surface area contributed by atoms with Crippen LogP contribution in [-0.2, 0) is 9.59 Å². The highest BCUT2D eigenvalue weighted by Gasteiger charge is 2.29. The quantitative estimate of drug-likeness (QED) is 0.865. The Bertz CT molecular complexity index is 925. The number of anilines is 2. The van der Waals surface area contributed by atoms with Crippen molar-refractivity contribution in [2.45, 2.75) is 25.7 Å². The Balaban J connectivity index is 1.77. The second kappa shape index (κ2) is 6.83. The molecule has 1 unspecified atom stereocenters. The summed E-state index contributed by atoms with van der Waals surface area (Å²) >= 11 is 0. The van der Waals surface area contributed by atoms with E-state index >= 15 is 0 Å². The number of fused-ring (bicyclic) bond motifs is 2. The van der Waals surface area contributed by atoms with E-state index in [-0.39, 0.29) is 24.5 Å². The molecule has 0 aromatic heterocycles. The lowest BCUT2D eigenvalue weighted by Crippen LogP contribution is -2.24. The average molecular weight is 368 g/mol. The number of amides is 2. The molecule has 0 saturated heterocycles. The SMILES string of the molecule is CCC(=O)Nc1cc2c(cc1OC)C(c1ccc3c(c1)OCO3)CC(=O)N2. The molecular formula is C20H20N2O5. The molecule has 2 N–H and O–H groups in total. The van der Waals surface area contributed by atoms with Gasteiger partial charge in [-0.2, -0.15) is 0 Å². The van der Waals surface area contributed by atoms with Gasteiger partial charge >= 0.3 is 0 Å². The zero-order valence-electron chi connectivity index (χ0n) is 15.1. The van der Waals surface area contributed by atoms with Gasteiger partial charge in [0.25, 0.3) is 0 Å². The maximum atomic E-state index is 12.3. The van der Waals surface area contributed by atoms with Crippen LogP contribution in [0.25, 0.3) is 0 Å². The Morgan fingerprint density at radius 1 is 1.26 bits per heavy atom. The lowest BCUT2D eigenvalue weighted by molar-refractivity contribution is -0.117. The smallest absolute Gasteiger partial charge is 0.231 e. The fraction of sp³-hybridized carbons (Fsp3) is 0.300. The van der Waals surface area contributed by atoms with E-state index in [9.17, 15) is 9.59 Å². The molecule has 0 aliphatic carbocycles. The van der Waals surface area contributed by atoms with E-state index in [1.165, 1.54) is 0 Å².